The predicted molar refractivity (Wildman–Crippen MR) is 82.5 cm³/mol. The van der Waals surface area contributed by atoms with Gasteiger partial charge < -0.3 is 19.9 Å². The number of carboxylic acids is 1. The van der Waals surface area contributed by atoms with Crippen LogP contribution >= 0.6 is 0 Å². The lowest BCUT2D eigenvalue weighted by Crippen LogP contribution is -2.40. The van der Waals surface area contributed by atoms with Gasteiger partial charge in [-0.05, 0) is 12.5 Å². The second kappa shape index (κ2) is 8.47. The van der Waals surface area contributed by atoms with Crippen molar-refractivity contribution >= 4 is 11.9 Å². The quantitative estimate of drug-likeness (QED) is 0.755. The molecule has 2 rings (SSSR count). The largest absolute Gasteiger partial charge is 0.480 e. The Hall–Kier alpha value is -2.15. The van der Waals surface area contributed by atoms with Gasteiger partial charge in [-0.1, -0.05) is 19.8 Å². The number of aromatic nitrogens is 1. The van der Waals surface area contributed by atoms with Crippen LogP contribution in [0.15, 0.2) is 18.3 Å². The highest BCUT2D eigenvalue weighted by atomic mass is 16.5. The summed E-state index contributed by atoms with van der Waals surface area (Å²) in [5.74, 6) is -1.13. The van der Waals surface area contributed by atoms with Crippen LogP contribution in [0.1, 0.15) is 43.0 Å². The van der Waals surface area contributed by atoms with Crippen LogP contribution in [-0.4, -0.2) is 47.3 Å². The summed E-state index contributed by atoms with van der Waals surface area (Å²) in [5, 5.41) is 11.7. The van der Waals surface area contributed by atoms with Gasteiger partial charge in [0.2, 0.25) is 5.88 Å². The third-order valence-electron chi connectivity index (χ3n) is 3.62. The molecule has 0 radical (unpaired) electrons. The summed E-state index contributed by atoms with van der Waals surface area (Å²) in [6.07, 6.45) is 4.22. The van der Waals surface area contributed by atoms with Gasteiger partial charge in [-0.3, -0.25) is 4.79 Å². The van der Waals surface area contributed by atoms with Gasteiger partial charge in [0.05, 0.1) is 13.2 Å². The number of amides is 1. The number of carboxylic acid groups (broad SMARTS) is 1. The topological polar surface area (TPSA) is 97.8 Å². The molecule has 0 spiro atoms. The van der Waals surface area contributed by atoms with E-state index < -0.39 is 17.9 Å². The average molecular weight is 322 g/mol. The summed E-state index contributed by atoms with van der Waals surface area (Å²) in [7, 11) is 0. The maximum atomic E-state index is 12.2. The van der Waals surface area contributed by atoms with E-state index in [4.69, 9.17) is 9.47 Å². The average Bonchev–Trinajstić information content (AvgIpc) is 3.04. The molecule has 1 aromatic rings. The summed E-state index contributed by atoms with van der Waals surface area (Å²) in [5.41, 5.74) is 0.330. The third-order valence-corrected chi connectivity index (χ3v) is 3.62. The maximum Gasteiger partial charge on any atom is 0.326 e. The van der Waals surface area contributed by atoms with Crippen molar-refractivity contribution in [2.45, 2.75) is 44.8 Å². The Morgan fingerprint density at radius 3 is 3.04 bits per heavy atom. The number of carbonyl (C=O) groups is 2. The van der Waals surface area contributed by atoms with Gasteiger partial charge in [0, 0.05) is 24.2 Å². The Balaban J connectivity index is 1.98. The molecule has 0 bridgehead atoms. The molecular weight excluding hydrogens is 300 g/mol. The summed E-state index contributed by atoms with van der Waals surface area (Å²) in [6, 6.07) is 2.17. The van der Waals surface area contributed by atoms with Crippen LogP contribution < -0.4 is 10.1 Å². The highest BCUT2D eigenvalue weighted by Gasteiger charge is 2.21. The van der Waals surface area contributed by atoms with Crippen molar-refractivity contribution in [3.05, 3.63) is 23.9 Å². The van der Waals surface area contributed by atoms with Crippen molar-refractivity contribution in [2.24, 2.45) is 0 Å². The molecule has 1 fully saturated rings. The molecule has 0 saturated carbocycles. The minimum Gasteiger partial charge on any atom is -0.480 e. The number of nitrogens with one attached hydrogen (secondary N) is 1. The number of nitrogens with zero attached hydrogens (tertiary/aromatic N) is 1. The number of carbonyl (C=O) groups excluding carboxylic acids is 1. The second-order valence-electron chi connectivity index (χ2n) is 5.49. The first-order chi connectivity index (χ1) is 11.1. The second-order valence-corrected chi connectivity index (χ2v) is 5.49. The van der Waals surface area contributed by atoms with E-state index >= 15 is 0 Å². The fourth-order valence-corrected chi connectivity index (χ4v) is 2.30. The lowest BCUT2D eigenvalue weighted by atomic mass is 10.1. The molecule has 7 heteroatoms. The standard InChI is InChI=1S/C16H22N2O5/c1-2-3-4-13(16(20)21)18-15(19)11-5-7-17-14(9-11)23-12-6-8-22-10-12/h5,7,9,12-13H,2-4,6,8,10H2,1H3,(H,18,19)(H,20,21). The van der Waals surface area contributed by atoms with Crippen molar-refractivity contribution in [1.82, 2.24) is 10.3 Å². The van der Waals surface area contributed by atoms with Gasteiger partial charge in [0.1, 0.15) is 12.1 Å². The van der Waals surface area contributed by atoms with Crippen molar-refractivity contribution in [1.29, 1.82) is 0 Å². The number of aliphatic carboxylic acids is 1. The first-order valence-corrected chi connectivity index (χ1v) is 7.84. The monoisotopic (exact) mass is 322 g/mol. The molecule has 1 aromatic heterocycles. The summed E-state index contributed by atoms with van der Waals surface area (Å²) in [6.45, 7) is 3.14. The normalized spacial score (nSPS) is 18.4. The molecule has 7 nitrogen and oxygen atoms in total. The van der Waals surface area contributed by atoms with Crippen molar-refractivity contribution in [3.8, 4) is 5.88 Å². The zero-order chi connectivity index (χ0) is 16.7. The first kappa shape index (κ1) is 17.2. The van der Waals surface area contributed by atoms with E-state index in [9.17, 15) is 14.7 Å². The van der Waals surface area contributed by atoms with Gasteiger partial charge >= 0.3 is 5.97 Å². The number of hydrogen-bond acceptors (Lipinski definition) is 5. The fourth-order valence-electron chi connectivity index (χ4n) is 2.30. The number of ether oxygens (including phenoxy) is 2. The Labute approximate surface area is 135 Å². The lowest BCUT2D eigenvalue weighted by molar-refractivity contribution is -0.139. The summed E-state index contributed by atoms with van der Waals surface area (Å²) < 4.78 is 10.9. The molecule has 1 aliphatic rings. The van der Waals surface area contributed by atoms with E-state index in [1.54, 1.807) is 0 Å². The van der Waals surface area contributed by atoms with E-state index in [1.807, 2.05) is 6.92 Å². The van der Waals surface area contributed by atoms with Gasteiger partial charge in [-0.15, -0.1) is 0 Å². The predicted octanol–water partition coefficient (Wildman–Crippen LogP) is 1.62. The molecule has 2 heterocycles. The molecule has 1 amide bonds. The van der Waals surface area contributed by atoms with Crippen molar-refractivity contribution in [3.63, 3.8) is 0 Å². The van der Waals surface area contributed by atoms with Crippen molar-refractivity contribution < 1.29 is 24.2 Å². The number of unbranched alkanes of at least 4 members (excludes halogenated alkanes) is 1. The smallest absolute Gasteiger partial charge is 0.326 e. The van der Waals surface area contributed by atoms with Crippen molar-refractivity contribution in [2.75, 3.05) is 13.2 Å². The zero-order valence-electron chi connectivity index (χ0n) is 13.2. The van der Waals surface area contributed by atoms with Gasteiger partial charge in [0.15, 0.2) is 0 Å². The van der Waals surface area contributed by atoms with E-state index in [-0.39, 0.29) is 6.10 Å². The minimum atomic E-state index is -1.03. The molecule has 23 heavy (non-hydrogen) atoms. The Morgan fingerprint density at radius 1 is 1.57 bits per heavy atom. The maximum absolute atomic E-state index is 12.2. The summed E-state index contributed by atoms with van der Waals surface area (Å²) >= 11 is 0. The Morgan fingerprint density at radius 2 is 2.39 bits per heavy atom. The summed E-state index contributed by atoms with van der Waals surface area (Å²) in [4.78, 5) is 27.5. The number of rotatable bonds is 8. The molecule has 126 valence electrons. The van der Waals surface area contributed by atoms with Crippen LogP contribution in [0.3, 0.4) is 0 Å². The minimum absolute atomic E-state index is 0.0582. The van der Waals surface area contributed by atoms with Crippen LogP contribution in [0.25, 0.3) is 0 Å². The highest BCUT2D eigenvalue weighted by molar-refractivity contribution is 5.96. The molecule has 0 aromatic carbocycles. The van der Waals surface area contributed by atoms with Crippen LogP contribution in [0.4, 0.5) is 0 Å². The highest BCUT2D eigenvalue weighted by Crippen LogP contribution is 2.16. The molecule has 1 saturated heterocycles. The van der Waals surface area contributed by atoms with Gasteiger partial charge in [0.25, 0.3) is 5.91 Å². The molecule has 2 atom stereocenters. The van der Waals surface area contributed by atoms with E-state index in [0.29, 0.717) is 31.1 Å². The molecule has 0 aliphatic carbocycles. The number of hydrogen-bond donors (Lipinski definition) is 2. The van der Waals surface area contributed by atoms with E-state index in [0.717, 1.165) is 19.3 Å². The van der Waals surface area contributed by atoms with E-state index in [1.165, 1.54) is 18.3 Å². The van der Waals surface area contributed by atoms with Crippen LogP contribution in [-0.2, 0) is 9.53 Å². The van der Waals surface area contributed by atoms with Gasteiger partial charge in [-0.25, -0.2) is 9.78 Å². The Bertz CT molecular complexity index is 543. The molecule has 2 N–H and O–H groups in total. The van der Waals surface area contributed by atoms with Crippen LogP contribution in [0.5, 0.6) is 5.88 Å². The van der Waals surface area contributed by atoms with Gasteiger partial charge in [-0.2, -0.15) is 0 Å². The fraction of sp³-hybridized carbons (Fsp3) is 0.562. The molecule has 2 unspecified atom stereocenters. The zero-order valence-corrected chi connectivity index (χ0v) is 13.2. The molecular formula is C16H22N2O5. The third kappa shape index (κ3) is 5.21. The SMILES string of the molecule is CCCCC(NC(=O)c1ccnc(OC2CCOC2)c1)C(=O)O. The van der Waals surface area contributed by atoms with Crippen LogP contribution in [0, 0.1) is 0 Å². The lowest BCUT2D eigenvalue weighted by Gasteiger charge is -2.15. The number of pyridine rings is 1. The first-order valence-electron chi connectivity index (χ1n) is 7.84. The Kier molecular flexibility index (Phi) is 6.34. The van der Waals surface area contributed by atoms with E-state index in [2.05, 4.69) is 10.3 Å². The van der Waals surface area contributed by atoms with Crippen LogP contribution in [0.2, 0.25) is 0 Å². The molecule has 1 aliphatic heterocycles.